The molecule has 1 aliphatic rings. The minimum absolute atomic E-state index is 0.0203. The fourth-order valence-corrected chi connectivity index (χ4v) is 4.34. The maximum absolute atomic E-state index is 13.2. The molecular formula is C26H35N5O4. The Morgan fingerprint density at radius 1 is 1.23 bits per heavy atom. The number of nitro groups is 1. The van der Waals surface area contributed by atoms with Crippen LogP contribution in [0.1, 0.15) is 74.5 Å². The monoisotopic (exact) mass is 481 g/mol. The lowest BCUT2D eigenvalue weighted by Crippen LogP contribution is -2.45. The summed E-state index contributed by atoms with van der Waals surface area (Å²) in [6.07, 6.45) is 7.48. The number of carbonyl (C=O) groups is 2. The van der Waals surface area contributed by atoms with Crippen molar-refractivity contribution in [2.75, 3.05) is 25.0 Å². The fourth-order valence-electron chi connectivity index (χ4n) is 4.34. The third-order valence-corrected chi connectivity index (χ3v) is 6.35. The van der Waals surface area contributed by atoms with Gasteiger partial charge in [-0.1, -0.05) is 32.3 Å². The van der Waals surface area contributed by atoms with Gasteiger partial charge in [-0.05, 0) is 50.5 Å². The van der Waals surface area contributed by atoms with E-state index in [0.29, 0.717) is 25.3 Å². The van der Waals surface area contributed by atoms with Crippen LogP contribution in [0, 0.1) is 16.0 Å². The summed E-state index contributed by atoms with van der Waals surface area (Å²) in [5, 5.41) is 17.9. The van der Waals surface area contributed by atoms with Crippen LogP contribution in [0.2, 0.25) is 0 Å². The van der Waals surface area contributed by atoms with Gasteiger partial charge in [-0.15, -0.1) is 0 Å². The van der Waals surface area contributed by atoms with E-state index in [1.807, 2.05) is 25.1 Å². The van der Waals surface area contributed by atoms with E-state index in [4.69, 9.17) is 0 Å². The Bertz CT molecular complexity index is 1010. The maximum atomic E-state index is 13.2. The second-order valence-corrected chi connectivity index (χ2v) is 9.05. The zero-order chi connectivity index (χ0) is 25.2. The number of nitrogens with one attached hydrogen (secondary N) is 2. The third kappa shape index (κ3) is 7.24. The number of benzene rings is 1. The number of aromatic nitrogens is 1. The average Bonchev–Trinajstić information content (AvgIpc) is 2.88. The number of hydrogen-bond donors (Lipinski definition) is 2. The zero-order valence-electron chi connectivity index (χ0n) is 20.5. The highest BCUT2D eigenvalue weighted by Gasteiger charge is 2.30. The molecule has 2 N–H and O–H groups in total. The molecule has 1 aromatic heterocycles. The molecule has 0 bridgehead atoms. The highest BCUT2D eigenvalue weighted by atomic mass is 16.6. The summed E-state index contributed by atoms with van der Waals surface area (Å²) in [5.74, 6) is -0.570. The van der Waals surface area contributed by atoms with Gasteiger partial charge in [0.25, 0.3) is 11.6 Å². The zero-order valence-corrected chi connectivity index (χ0v) is 20.5. The first kappa shape index (κ1) is 26.1. The molecule has 0 saturated carbocycles. The second-order valence-electron chi connectivity index (χ2n) is 9.05. The number of nitro benzene ring substituents is 1. The van der Waals surface area contributed by atoms with Crippen LogP contribution in [0.25, 0.3) is 0 Å². The van der Waals surface area contributed by atoms with Crippen LogP contribution in [0.4, 0.5) is 11.4 Å². The number of hydrogen-bond acceptors (Lipinski definition) is 6. The van der Waals surface area contributed by atoms with Gasteiger partial charge in [-0.2, -0.15) is 0 Å². The van der Waals surface area contributed by atoms with E-state index in [2.05, 4.69) is 22.5 Å². The van der Waals surface area contributed by atoms with E-state index < -0.39 is 4.92 Å². The van der Waals surface area contributed by atoms with Crippen molar-refractivity contribution in [2.24, 2.45) is 5.92 Å². The van der Waals surface area contributed by atoms with Crippen LogP contribution >= 0.6 is 0 Å². The lowest BCUT2D eigenvalue weighted by molar-refractivity contribution is -0.384. The van der Waals surface area contributed by atoms with E-state index in [1.54, 1.807) is 23.2 Å². The Morgan fingerprint density at radius 3 is 2.77 bits per heavy atom. The minimum Gasteiger partial charge on any atom is -0.371 e. The lowest BCUT2D eigenvalue weighted by atomic mass is 9.96. The second kappa shape index (κ2) is 12.8. The topological polar surface area (TPSA) is 117 Å². The molecule has 0 radical (unpaired) electrons. The molecule has 2 aromatic rings. The van der Waals surface area contributed by atoms with Gasteiger partial charge < -0.3 is 15.5 Å². The molecule has 1 aliphatic heterocycles. The van der Waals surface area contributed by atoms with Crippen molar-refractivity contribution in [1.29, 1.82) is 0 Å². The summed E-state index contributed by atoms with van der Waals surface area (Å²) in [6, 6.07) is 9.73. The largest absolute Gasteiger partial charge is 0.371 e. The normalized spacial score (nSPS) is 16.4. The Morgan fingerprint density at radius 2 is 2.06 bits per heavy atom. The number of likely N-dealkylation sites (tertiary alicyclic amines) is 1. The van der Waals surface area contributed by atoms with Gasteiger partial charge in [0.05, 0.1) is 22.6 Å². The first-order valence-electron chi connectivity index (χ1n) is 12.4. The fraction of sp³-hybridized carbons (Fsp3) is 0.500. The van der Waals surface area contributed by atoms with Gasteiger partial charge in [0, 0.05) is 37.5 Å². The molecule has 3 rings (SSSR count). The Kier molecular flexibility index (Phi) is 9.57. The van der Waals surface area contributed by atoms with Gasteiger partial charge >= 0.3 is 0 Å². The van der Waals surface area contributed by atoms with Crippen molar-refractivity contribution in [2.45, 2.75) is 58.4 Å². The van der Waals surface area contributed by atoms with Crippen molar-refractivity contribution in [1.82, 2.24) is 15.2 Å². The van der Waals surface area contributed by atoms with Crippen LogP contribution in [-0.4, -0.2) is 46.3 Å². The van der Waals surface area contributed by atoms with E-state index >= 15 is 0 Å². The average molecular weight is 482 g/mol. The molecule has 188 valence electrons. The minimum atomic E-state index is -0.491. The highest BCUT2D eigenvalue weighted by molar-refractivity contribution is 5.96. The number of nitrogens with zero attached hydrogens (tertiary/aromatic N) is 3. The summed E-state index contributed by atoms with van der Waals surface area (Å²) in [7, 11) is 0. The number of unbranched alkanes of at least 4 members (excludes halogenated alkanes) is 3. The molecule has 0 spiro atoms. The summed E-state index contributed by atoms with van der Waals surface area (Å²) in [5.41, 5.74) is 1.15. The van der Waals surface area contributed by atoms with Crippen LogP contribution in [-0.2, 0) is 4.79 Å². The molecule has 1 saturated heterocycles. The maximum Gasteiger partial charge on any atom is 0.293 e. The molecule has 2 atom stereocenters. The van der Waals surface area contributed by atoms with Gasteiger partial charge in [-0.25, -0.2) is 0 Å². The van der Waals surface area contributed by atoms with E-state index in [1.165, 1.54) is 6.07 Å². The van der Waals surface area contributed by atoms with Crippen LogP contribution in [0.15, 0.2) is 42.6 Å². The molecule has 1 aromatic carbocycles. The SMILES string of the molecule is CCCCCCNC(=O)[C@H]1CCCN(C(=O)c2ccc(N[C@H](C)c3ccccn3)c([N+](=O)[O-])c2)C1. The summed E-state index contributed by atoms with van der Waals surface area (Å²) in [6.45, 7) is 5.52. The predicted octanol–water partition coefficient (Wildman–Crippen LogP) is 4.71. The van der Waals surface area contributed by atoms with E-state index in [-0.39, 0.29) is 35.0 Å². The predicted molar refractivity (Wildman–Crippen MR) is 135 cm³/mol. The molecule has 2 heterocycles. The number of carbonyl (C=O) groups excluding carboxylic acids is 2. The highest BCUT2D eigenvalue weighted by Crippen LogP contribution is 2.30. The van der Waals surface area contributed by atoms with Crippen LogP contribution in [0.3, 0.4) is 0 Å². The number of piperidine rings is 1. The van der Waals surface area contributed by atoms with Gasteiger partial charge in [0.15, 0.2) is 0 Å². The van der Waals surface area contributed by atoms with Crippen molar-refractivity contribution >= 4 is 23.2 Å². The third-order valence-electron chi connectivity index (χ3n) is 6.35. The van der Waals surface area contributed by atoms with Gasteiger partial charge in [-0.3, -0.25) is 24.7 Å². The molecule has 35 heavy (non-hydrogen) atoms. The Labute approximate surface area is 206 Å². The molecule has 0 aliphatic carbocycles. The van der Waals surface area contributed by atoms with E-state index in [0.717, 1.165) is 44.2 Å². The molecule has 2 amide bonds. The van der Waals surface area contributed by atoms with Crippen LogP contribution in [0.5, 0.6) is 0 Å². The molecule has 1 fully saturated rings. The summed E-state index contributed by atoms with van der Waals surface area (Å²) < 4.78 is 0. The molecule has 9 heteroatoms. The first-order chi connectivity index (χ1) is 16.9. The Balaban J connectivity index is 1.65. The number of amides is 2. The number of anilines is 1. The summed E-state index contributed by atoms with van der Waals surface area (Å²) >= 11 is 0. The number of rotatable bonds is 11. The van der Waals surface area contributed by atoms with Crippen molar-refractivity contribution in [3.63, 3.8) is 0 Å². The summed E-state index contributed by atoms with van der Waals surface area (Å²) in [4.78, 5) is 43.0. The van der Waals surface area contributed by atoms with Crippen molar-refractivity contribution in [3.8, 4) is 0 Å². The van der Waals surface area contributed by atoms with Gasteiger partial charge in [0.1, 0.15) is 5.69 Å². The van der Waals surface area contributed by atoms with Crippen molar-refractivity contribution in [3.05, 3.63) is 64.0 Å². The molecule has 9 nitrogen and oxygen atoms in total. The Hall–Kier alpha value is -3.49. The standard InChI is InChI=1S/C26H35N5O4/c1-3-4-5-7-15-28-25(32)21-10-9-16-30(18-21)26(33)20-12-13-23(24(17-20)31(34)35)29-19(2)22-11-6-8-14-27-22/h6,8,11-14,17,19,21,29H,3-5,7,9-10,15-16,18H2,1-2H3,(H,28,32)/t19-,21+/m1/s1. The molecule has 0 unspecified atom stereocenters. The van der Waals surface area contributed by atoms with Crippen molar-refractivity contribution < 1.29 is 14.5 Å². The molecular weight excluding hydrogens is 446 g/mol. The van der Waals surface area contributed by atoms with Gasteiger partial charge in [0.2, 0.25) is 5.91 Å². The lowest BCUT2D eigenvalue weighted by Gasteiger charge is -2.32. The quantitative estimate of drug-likeness (QED) is 0.273. The van der Waals surface area contributed by atoms with E-state index in [9.17, 15) is 19.7 Å². The smallest absolute Gasteiger partial charge is 0.293 e. The van der Waals surface area contributed by atoms with Crippen LogP contribution < -0.4 is 10.6 Å². The first-order valence-corrected chi connectivity index (χ1v) is 12.4. The number of pyridine rings is 1.